The molecule has 2 aliphatic heterocycles. The van der Waals surface area contributed by atoms with E-state index >= 15 is 0 Å². The highest BCUT2D eigenvalue weighted by Crippen LogP contribution is 2.35. The van der Waals surface area contributed by atoms with Crippen molar-refractivity contribution in [2.75, 3.05) is 13.1 Å². The lowest BCUT2D eigenvalue weighted by atomic mass is 9.86. The minimum atomic E-state index is -0.616. The molecule has 22 heavy (non-hydrogen) atoms. The van der Waals surface area contributed by atoms with Crippen LogP contribution in [0.1, 0.15) is 36.8 Å². The summed E-state index contributed by atoms with van der Waals surface area (Å²) in [6.45, 7) is 3.91. The standard InChI is InChI=1S/C17H23N3O2/c1-13-5-2-6-14(11-13)12-19-16(22)20-10-4-8-17(20)7-3-9-18-15(17)21/h2,5-6,11H,3-4,7-10,12H2,1H3,(H,18,21)(H,19,22). The molecule has 1 aromatic rings. The van der Waals surface area contributed by atoms with Crippen molar-refractivity contribution in [3.05, 3.63) is 35.4 Å². The molecule has 1 spiro atoms. The molecule has 118 valence electrons. The van der Waals surface area contributed by atoms with Gasteiger partial charge >= 0.3 is 6.03 Å². The second kappa shape index (κ2) is 5.99. The minimum Gasteiger partial charge on any atom is -0.354 e. The Bertz CT molecular complexity index is 587. The number of amides is 3. The summed E-state index contributed by atoms with van der Waals surface area (Å²) >= 11 is 0. The van der Waals surface area contributed by atoms with Gasteiger partial charge in [0.1, 0.15) is 5.54 Å². The Balaban J connectivity index is 1.67. The number of hydrogen-bond donors (Lipinski definition) is 2. The van der Waals surface area contributed by atoms with Crippen LogP contribution in [0.2, 0.25) is 0 Å². The van der Waals surface area contributed by atoms with E-state index in [4.69, 9.17) is 0 Å². The lowest BCUT2D eigenvalue weighted by molar-refractivity contribution is -0.132. The van der Waals surface area contributed by atoms with Crippen LogP contribution < -0.4 is 10.6 Å². The first-order chi connectivity index (χ1) is 10.6. The number of hydrogen-bond acceptors (Lipinski definition) is 2. The van der Waals surface area contributed by atoms with Crippen LogP contribution in [0.3, 0.4) is 0 Å². The minimum absolute atomic E-state index is 0.0157. The molecular weight excluding hydrogens is 278 g/mol. The van der Waals surface area contributed by atoms with E-state index in [9.17, 15) is 9.59 Å². The monoisotopic (exact) mass is 301 g/mol. The van der Waals surface area contributed by atoms with Crippen molar-refractivity contribution in [2.24, 2.45) is 0 Å². The van der Waals surface area contributed by atoms with Gasteiger partial charge in [-0.05, 0) is 38.2 Å². The van der Waals surface area contributed by atoms with Crippen molar-refractivity contribution >= 4 is 11.9 Å². The molecule has 3 amide bonds. The van der Waals surface area contributed by atoms with Crippen molar-refractivity contribution in [1.82, 2.24) is 15.5 Å². The average Bonchev–Trinajstić information content (AvgIpc) is 2.93. The van der Waals surface area contributed by atoms with Gasteiger partial charge in [0.25, 0.3) is 0 Å². The molecule has 1 unspecified atom stereocenters. The van der Waals surface area contributed by atoms with Crippen LogP contribution in [-0.2, 0) is 11.3 Å². The molecule has 5 nitrogen and oxygen atoms in total. The largest absolute Gasteiger partial charge is 0.354 e. The molecule has 5 heteroatoms. The van der Waals surface area contributed by atoms with E-state index in [-0.39, 0.29) is 11.9 Å². The van der Waals surface area contributed by atoms with Crippen LogP contribution >= 0.6 is 0 Å². The summed E-state index contributed by atoms with van der Waals surface area (Å²) in [5.74, 6) is 0.0157. The van der Waals surface area contributed by atoms with Gasteiger partial charge in [0.05, 0.1) is 0 Å². The van der Waals surface area contributed by atoms with E-state index in [1.807, 2.05) is 25.1 Å². The lowest BCUT2D eigenvalue weighted by Gasteiger charge is -2.39. The highest BCUT2D eigenvalue weighted by Gasteiger charge is 2.50. The molecule has 2 aliphatic rings. The summed E-state index contributed by atoms with van der Waals surface area (Å²) in [5, 5.41) is 5.89. The summed E-state index contributed by atoms with van der Waals surface area (Å²) < 4.78 is 0. The van der Waals surface area contributed by atoms with E-state index in [0.717, 1.165) is 37.8 Å². The van der Waals surface area contributed by atoms with Crippen LogP contribution in [-0.4, -0.2) is 35.5 Å². The molecule has 2 N–H and O–H groups in total. The molecular formula is C17H23N3O2. The molecule has 2 fully saturated rings. The molecule has 0 aromatic heterocycles. The summed E-state index contributed by atoms with van der Waals surface area (Å²) in [4.78, 5) is 26.6. The highest BCUT2D eigenvalue weighted by atomic mass is 16.2. The van der Waals surface area contributed by atoms with Gasteiger partial charge in [0, 0.05) is 19.6 Å². The first kappa shape index (κ1) is 14.9. The van der Waals surface area contributed by atoms with E-state index in [1.165, 1.54) is 5.56 Å². The zero-order chi connectivity index (χ0) is 15.6. The number of carbonyl (C=O) groups excluding carboxylic acids is 2. The number of rotatable bonds is 2. The van der Waals surface area contributed by atoms with Crippen molar-refractivity contribution in [3.8, 4) is 0 Å². The molecule has 3 rings (SSSR count). The summed E-state index contributed by atoms with van der Waals surface area (Å²) in [7, 11) is 0. The Morgan fingerprint density at radius 1 is 1.36 bits per heavy atom. The Morgan fingerprint density at radius 2 is 2.18 bits per heavy atom. The van der Waals surface area contributed by atoms with Gasteiger partial charge in [0.2, 0.25) is 5.91 Å². The maximum atomic E-state index is 12.6. The first-order valence-electron chi connectivity index (χ1n) is 8.01. The van der Waals surface area contributed by atoms with Gasteiger partial charge in [-0.15, -0.1) is 0 Å². The first-order valence-corrected chi connectivity index (χ1v) is 8.01. The van der Waals surface area contributed by atoms with E-state index < -0.39 is 5.54 Å². The van der Waals surface area contributed by atoms with Crippen LogP contribution in [0.25, 0.3) is 0 Å². The van der Waals surface area contributed by atoms with Crippen molar-refractivity contribution < 1.29 is 9.59 Å². The smallest absolute Gasteiger partial charge is 0.318 e. The molecule has 0 bridgehead atoms. The normalized spacial score (nSPS) is 24.4. The third-order valence-electron chi connectivity index (χ3n) is 4.74. The van der Waals surface area contributed by atoms with Gasteiger partial charge in [0.15, 0.2) is 0 Å². The van der Waals surface area contributed by atoms with Crippen LogP contribution in [0.5, 0.6) is 0 Å². The van der Waals surface area contributed by atoms with Crippen molar-refractivity contribution in [3.63, 3.8) is 0 Å². The Morgan fingerprint density at radius 3 is 2.95 bits per heavy atom. The Labute approximate surface area is 131 Å². The third-order valence-corrected chi connectivity index (χ3v) is 4.74. The number of nitrogens with one attached hydrogen (secondary N) is 2. The topological polar surface area (TPSA) is 61.4 Å². The molecule has 0 radical (unpaired) electrons. The number of urea groups is 1. The average molecular weight is 301 g/mol. The molecule has 2 saturated heterocycles. The van der Waals surface area contributed by atoms with E-state index in [0.29, 0.717) is 13.1 Å². The molecule has 1 aromatic carbocycles. The zero-order valence-electron chi connectivity index (χ0n) is 13.0. The van der Waals surface area contributed by atoms with E-state index in [1.54, 1.807) is 4.90 Å². The summed E-state index contributed by atoms with van der Waals surface area (Å²) in [6.07, 6.45) is 3.38. The number of carbonyl (C=O) groups is 2. The number of nitrogens with zero attached hydrogens (tertiary/aromatic N) is 1. The van der Waals surface area contributed by atoms with Gasteiger partial charge in [-0.25, -0.2) is 4.79 Å². The van der Waals surface area contributed by atoms with Gasteiger partial charge < -0.3 is 15.5 Å². The quantitative estimate of drug-likeness (QED) is 0.877. The maximum Gasteiger partial charge on any atom is 0.318 e. The number of benzene rings is 1. The van der Waals surface area contributed by atoms with Crippen molar-refractivity contribution in [1.29, 1.82) is 0 Å². The maximum absolute atomic E-state index is 12.6. The summed E-state index contributed by atoms with van der Waals surface area (Å²) in [6, 6.07) is 7.96. The molecule has 0 aliphatic carbocycles. The van der Waals surface area contributed by atoms with Crippen LogP contribution in [0.4, 0.5) is 4.79 Å². The highest BCUT2D eigenvalue weighted by molar-refractivity contribution is 5.92. The second-order valence-corrected chi connectivity index (χ2v) is 6.29. The predicted molar refractivity (Wildman–Crippen MR) is 84.3 cm³/mol. The number of piperidine rings is 1. The van der Waals surface area contributed by atoms with E-state index in [2.05, 4.69) is 16.7 Å². The fourth-order valence-electron chi connectivity index (χ4n) is 3.63. The van der Waals surface area contributed by atoms with Crippen molar-refractivity contribution in [2.45, 2.75) is 44.7 Å². The van der Waals surface area contributed by atoms with Crippen LogP contribution in [0, 0.1) is 6.92 Å². The Kier molecular flexibility index (Phi) is 4.05. The Hall–Kier alpha value is -2.04. The van der Waals surface area contributed by atoms with Gasteiger partial charge in [-0.2, -0.15) is 0 Å². The molecule has 1 atom stereocenters. The SMILES string of the molecule is Cc1cccc(CNC(=O)N2CCCC23CCCNC3=O)c1. The molecule has 0 saturated carbocycles. The number of aryl methyl sites for hydroxylation is 1. The predicted octanol–water partition coefficient (Wildman–Crippen LogP) is 1.95. The molecule has 2 heterocycles. The lowest BCUT2D eigenvalue weighted by Crippen LogP contribution is -2.61. The summed E-state index contributed by atoms with van der Waals surface area (Å²) in [5.41, 5.74) is 1.64. The fraction of sp³-hybridized carbons (Fsp3) is 0.529. The third kappa shape index (κ3) is 2.67. The number of likely N-dealkylation sites (tertiary alicyclic amines) is 1. The fourth-order valence-corrected chi connectivity index (χ4v) is 3.63. The van der Waals surface area contributed by atoms with Crippen LogP contribution in [0.15, 0.2) is 24.3 Å². The zero-order valence-corrected chi connectivity index (χ0v) is 13.0. The van der Waals surface area contributed by atoms with Gasteiger partial charge in [-0.3, -0.25) is 4.79 Å². The van der Waals surface area contributed by atoms with Gasteiger partial charge in [-0.1, -0.05) is 29.8 Å². The second-order valence-electron chi connectivity index (χ2n) is 6.29.